The quantitative estimate of drug-likeness (QED) is 0.860. The van der Waals surface area contributed by atoms with Crippen molar-refractivity contribution in [3.63, 3.8) is 0 Å². The largest absolute Gasteiger partial charge is 0.330 e. The monoisotopic (exact) mass is 267 g/mol. The molecule has 0 bridgehead atoms. The van der Waals surface area contributed by atoms with E-state index in [4.69, 9.17) is 10.7 Å². The number of aromatic nitrogens is 1. The number of hydrogen-bond donors (Lipinski definition) is 1. The minimum Gasteiger partial charge on any atom is -0.330 e. The molecule has 0 saturated carbocycles. The number of fused-ring (bicyclic) bond motifs is 1. The molecule has 1 aromatic heterocycles. The maximum Gasteiger partial charge on any atom is 0.0944 e. The highest BCUT2D eigenvalue weighted by molar-refractivity contribution is 7.11. The second kappa shape index (κ2) is 6.64. The summed E-state index contributed by atoms with van der Waals surface area (Å²) in [4.78, 5) is 8.82. The molecule has 2 rings (SSSR count). The molecule has 0 saturated heterocycles. The van der Waals surface area contributed by atoms with Gasteiger partial charge in [0.05, 0.1) is 10.7 Å². The van der Waals surface area contributed by atoms with E-state index in [0.717, 1.165) is 32.6 Å². The van der Waals surface area contributed by atoms with Gasteiger partial charge in [-0.15, -0.1) is 11.3 Å². The Morgan fingerprint density at radius 1 is 1.39 bits per heavy atom. The molecule has 1 atom stereocenters. The maximum atomic E-state index is 5.85. The van der Waals surface area contributed by atoms with Gasteiger partial charge in [0.2, 0.25) is 0 Å². The Labute approximate surface area is 114 Å². The zero-order chi connectivity index (χ0) is 13.0. The van der Waals surface area contributed by atoms with Crippen molar-refractivity contribution in [2.75, 3.05) is 26.2 Å². The smallest absolute Gasteiger partial charge is 0.0944 e. The average molecular weight is 267 g/mol. The van der Waals surface area contributed by atoms with Crippen molar-refractivity contribution in [2.24, 2.45) is 5.73 Å². The molecule has 1 aliphatic carbocycles. The van der Waals surface area contributed by atoms with Gasteiger partial charge in [-0.3, -0.25) is 0 Å². The Balaban J connectivity index is 2.00. The third kappa shape index (κ3) is 3.11. The van der Waals surface area contributed by atoms with Crippen molar-refractivity contribution in [1.29, 1.82) is 0 Å². The van der Waals surface area contributed by atoms with Gasteiger partial charge in [0.1, 0.15) is 0 Å². The van der Waals surface area contributed by atoms with Crippen molar-refractivity contribution in [3.05, 3.63) is 15.6 Å². The van der Waals surface area contributed by atoms with Gasteiger partial charge in [-0.05, 0) is 32.4 Å². The lowest BCUT2D eigenvalue weighted by Gasteiger charge is -2.18. The molecule has 3 nitrogen and oxygen atoms in total. The number of nitrogens with two attached hydrogens (primary N) is 1. The summed E-state index contributed by atoms with van der Waals surface area (Å²) in [5.74, 6) is 0.521. The molecule has 2 N–H and O–H groups in total. The topological polar surface area (TPSA) is 42.2 Å². The molecule has 102 valence electrons. The zero-order valence-corrected chi connectivity index (χ0v) is 12.4. The van der Waals surface area contributed by atoms with Gasteiger partial charge in [-0.1, -0.05) is 13.8 Å². The first-order valence-corrected chi connectivity index (χ1v) is 8.01. The molecule has 0 radical (unpaired) electrons. The number of rotatable bonds is 6. The van der Waals surface area contributed by atoms with Crippen molar-refractivity contribution >= 4 is 11.3 Å². The summed E-state index contributed by atoms with van der Waals surface area (Å²) < 4.78 is 0. The van der Waals surface area contributed by atoms with Crippen LogP contribution in [0.4, 0.5) is 0 Å². The summed E-state index contributed by atoms with van der Waals surface area (Å²) in [5, 5.41) is 1.31. The van der Waals surface area contributed by atoms with Crippen LogP contribution in [0.1, 0.15) is 48.2 Å². The van der Waals surface area contributed by atoms with Crippen LogP contribution >= 0.6 is 11.3 Å². The second-order valence-electron chi connectivity index (χ2n) is 5.02. The predicted octanol–water partition coefficient (Wildman–Crippen LogP) is 2.41. The van der Waals surface area contributed by atoms with E-state index in [1.54, 1.807) is 0 Å². The fourth-order valence-electron chi connectivity index (χ4n) is 2.69. The molecule has 18 heavy (non-hydrogen) atoms. The predicted molar refractivity (Wildman–Crippen MR) is 78.3 cm³/mol. The van der Waals surface area contributed by atoms with Gasteiger partial charge < -0.3 is 10.6 Å². The Hall–Kier alpha value is -0.450. The third-order valence-electron chi connectivity index (χ3n) is 3.94. The molecule has 0 spiro atoms. The number of hydrogen-bond acceptors (Lipinski definition) is 4. The molecule has 1 aromatic rings. The van der Waals surface area contributed by atoms with Crippen molar-refractivity contribution in [2.45, 2.75) is 45.4 Å². The molecule has 0 aromatic carbocycles. The summed E-state index contributed by atoms with van der Waals surface area (Å²) in [5.41, 5.74) is 7.17. The van der Waals surface area contributed by atoms with Gasteiger partial charge in [-0.25, -0.2) is 4.98 Å². The van der Waals surface area contributed by atoms with Crippen molar-refractivity contribution in [1.82, 2.24) is 9.88 Å². The van der Waals surface area contributed by atoms with Crippen LogP contribution in [-0.4, -0.2) is 36.1 Å². The van der Waals surface area contributed by atoms with Crippen molar-refractivity contribution < 1.29 is 0 Å². The van der Waals surface area contributed by atoms with Gasteiger partial charge in [0.25, 0.3) is 0 Å². The van der Waals surface area contributed by atoms with E-state index in [0.29, 0.717) is 5.92 Å². The number of aryl methyl sites for hydroxylation is 1. The summed E-state index contributed by atoms with van der Waals surface area (Å²) >= 11 is 1.92. The second-order valence-corrected chi connectivity index (χ2v) is 6.19. The van der Waals surface area contributed by atoms with Crippen LogP contribution in [0, 0.1) is 0 Å². The number of likely N-dealkylation sites (N-methyl/N-ethyl adjacent to an activating group) is 1. The fraction of sp³-hybridized carbons (Fsp3) is 0.786. The van der Waals surface area contributed by atoms with Gasteiger partial charge in [0, 0.05) is 30.3 Å². The summed E-state index contributed by atoms with van der Waals surface area (Å²) in [6.45, 7) is 8.60. The zero-order valence-electron chi connectivity index (χ0n) is 11.6. The summed E-state index contributed by atoms with van der Waals surface area (Å²) in [6, 6.07) is 0. The van der Waals surface area contributed by atoms with Crippen LogP contribution in [0.2, 0.25) is 0 Å². The van der Waals surface area contributed by atoms with Gasteiger partial charge in [0.15, 0.2) is 0 Å². The summed E-state index contributed by atoms with van der Waals surface area (Å²) in [6.07, 6.45) is 4.82. The fourth-order valence-corrected chi connectivity index (χ4v) is 3.87. The normalized spacial score (nSPS) is 19.2. The molecule has 4 heteroatoms. The van der Waals surface area contributed by atoms with Crippen LogP contribution in [-0.2, 0) is 12.8 Å². The lowest BCUT2D eigenvalue weighted by molar-refractivity contribution is 0.307. The summed E-state index contributed by atoms with van der Waals surface area (Å²) in [7, 11) is 0. The van der Waals surface area contributed by atoms with Crippen LogP contribution in [0.5, 0.6) is 0 Å². The highest BCUT2D eigenvalue weighted by Gasteiger charge is 2.23. The molecule has 0 aliphatic heterocycles. The first-order chi connectivity index (χ1) is 8.78. The van der Waals surface area contributed by atoms with Crippen LogP contribution in [0.3, 0.4) is 0 Å². The van der Waals surface area contributed by atoms with Crippen molar-refractivity contribution in [3.8, 4) is 0 Å². The number of thiazole rings is 1. The van der Waals surface area contributed by atoms with E-state index in [1.807, 2.05) is 11.3 Å². The highest BCUT2D eigenvalue weighted by Crippen LogP contribution is 2.34. The lowest BCUT2D eigenvalue weighted by atomic mass is 9.91. The Bertz CT molecular complexity index is 371. The molecular formula is C14H25N3S. The van der Waals surface area contributed by atoms with E-state index in [1.165, 1.54) is 34.8 Å². The van der Waals surface area contributed by atoms with Crippen LogP contribution < -0.4 is 5.73 Å². The Morgan fingerprint density at radius 3 is 2.83 bits per heavy atom. The number of nitrogens with zero attached hydrogens (tertiary/aromatic N) is 2. The van der Waals surface area contributed by atoms with Gasteiger partial charge in [-0.2, -0.15) is 0 Å². The van der Waals surface area contributed by atoms with E-state index in [-0.39, 0.29) is 0 Å². The van der Waals surface area contributed by atoms with Crippen LogP contribution in [0.25, 0.3) is 0 Å². The molecule has 0 amide bonds. The third-order valence-corrected chi connectivity index (χ3v) is 5.13. The average Bonchev–Trinajstić information content (AvgIpc) is 2.82. The standard InChI is InChI=1S/C14H25N3S/c1-3-17(4-2)9-8-13-16-14-11(10-15)6-5-7-12(14)18-13/h11H,3-10,15H2,1-2H3. The first-order valence-electron chi connectivity index (χ1n) is 7.19. The minimum absolute atomic E-state index is 0.521. The van der Waals surface area contributed by atoms with Gasteiger partial charge >= 0.3 is 0 Å². The molecule has 1 heterocycles. The minimum atomic E-state index is 0.521. The SMILES string of the molecule is CCN(CC)CCc1nc2c(s1)CCCC2CN. The van der Waals surface area contributed by atoms with E-state index in [9.17, 15) is 0 Å². The van der Waals surface area contributed by atoms with E-state index >= 15 is 0 Å². The van der Waals surface area contributed by atoms with E-state index in [2.05, 4.69) is 18.7 Å². The Kier molecular flexibility index (Phi) is 5.15. The van der Waals surface area contributed by atoms with Crippen LogP contribution in [0.15, 0.2) is 0 Å². The molecule has 1 unspecified atom stereocenters. The molecule has 0 fully saturated rings. The maximum absolute atomic E-state index is 5.85. The Morgan fingerprint density at radius 2 is 2.17 bits per heavy atom. The first kappa shape index (κ1) is 14.0. The lowest BCUT2D eigenvalue weighted by Crippen LogP contribution is -2.25. The van der Waals surface area contributed by atoms with E-state index < -0.39 is 0 Å². The molecular weight excluding hydrogens is 242 g/mol. The highest BCUT2D eigenvalue weighted by atomic mass is 32.1. The molecule has 1 aliphatic rings.